The van der Waals surface area contributed by atoms with Gasteiger partial charge in [-0.3, -0.25) is 4.79 Å². The number of aliphatic hydroxyl groups is 1. The smallest absolute Gasteiger partial charge is 0.322 e. The van der Waals surface area contributed by atoms with Crippen LogP contribution in [0.25, 0.3) is 0 Å². The molecule has 0 aromatic heterocycles. The summed E-state index contributed by atoms with van der Waals surface area (Å²) in [5.74, 6) is -1.43. The molecule has 0 amide bonds. The van der Waals surface area contributed by atoms with E-state index in [1.165, 1.54) is 4.31 Å². The predicted molar refractivity (Wildman–Crippen MR) is 70.1 cm³/mol. The topological polar surface area (TPSA) is 87.2 Å². The van der Waals surface area contributed by atoms with Crippen molar-refractivity contribution >= 4 is 16.0 Å². The van der Waals surface area contributed by atoms with Gasteiger partial charge in [-0.05, 0) is 27.4 Å². The fraction of sp³-hybridized carbons (Fsp3) is 0.909. The average molecular weight is 294 g/mol. The van der Waals surface area contributed by atoms with E-state index in [1.54, 1.807) is 6.92 Å². The first-order valence-corrected chi connectivity index (χ1v) is 7.85. The minimum Gasteiger partial charge on any atom is -0.465 e. The summed E-state index contributed by atoms with van der Waals surface area (Å²) in [6, 6.07) is -0.301. The molecule has 112 valence electrons. The first kappa shape index (κ1) is 16.4. The Kier molecular flexibility index (Phi) is 5.72. The Morgan fingerprint density at radius 2 is 2.11 bits per heavy atom. The number of esters is 1. The van der Waals surface area contributed by atoms with Crippen LogP contribution in [0.3, 0.4) is 0 Å². The van der Waals surface area contributed by atoms with Gasteiger partial charge in [-0.15, -0.1) is 0 Å². The average Bonchev–Trinajstić information content (AvgIpc) is 2.58. The van der Waals surface area contributed by atoms with Gasteiger partial charge in [-0.2, -0.15) is 4.31 Å². The molecule has 1 aliphatic rings. The number of rotatable bonds is 6. The second kappa shape index (κ2) is 6.65. The van der Waals surface area contributed by atoms with Crippen molar-refractivity contribution in [1.29, 1.82) is 0 Å². The number of sulfonamides is 1. The standard InChI is InChI=1S/C11H22N2O5S/c1-4-18-11(15)8-19(16,17)13-7-10(14)5-9(13)6-12(2)3/h9-10,14H,4-8H2,1-3H3. The zero-order valence-corrected chi connectivity index (χ0v) is 12.4. The quantitative estimate of drug-likeness (QED) is 0.624. The van der Waals surface area contributed by atoms with Gasteiger partial charge in [0.25, 0.3) is 0 Å². The van der Waals surface area contributed by atoms with E-state index in [1.807, 2.05) is 19.0 Å². The molecule has 0 spiro atoms. The van der Waals surface area contributed by atoms with Crippen LogP contribution in [0.4, 0.5) is 0 Å². The van der Waals surface area contributed by atoms with Crippen molar-refractivity contribution in [2.24, 2.45) is 0 Å². The molecule has 2 atom stereocenters. The Morgan fingerprint density at radius 1 is 1.47 bits per heavy atom. The molecular weight excluding hydrogens is 272 g/mol. The number of nitrogens with zero attached hydrogens (tertiary/aromatic N) is 2. The molecule has 0 aromatic carbocycles. The summed E-state index contributed by atoms with van der Waals surface area (Å²) in [6.07, 6.45) is -0.290. The SMILES string of the molecule is CCOC(=O)CS(=O)(=O)N1CC(O)CC1CN(C)C. The van der Waals surface area contributed by atoms with Gasteiger partial charge in [-0.1, -0.05) is 0 Å². The van der Waals surface area contributed by atoms with E-state index in [4.69, 9.17) is 0 Å². The number of likely N-dealkylation sites (N-methyl/N-ethyl adjacent to an activating group) is 1. The summed E-state index contributed by atoms with van der Waals surface area (Å²) in [5.41, 5.74) is 0. The highest BCUT2D eigenvalue weighted by atomic mass is 32.2. The van der Waals surface area contributed by atoms with Crippen molar-refractivity contribution in [2.75, 3.05) is 39.5 Å². The summed E-state index contributed by atoms with van der Waals surface area (Å²) >= 11 is 0. The van der Waals surface area contributed by atoms with Crippen LogP contribution in [0.5, 0.6) is 0 Å². The maximum Gasteiger partial charge on any atom is 0.322 e. The fourth-order valence-corrected chi connectivity index (χ4v) is 3.78. The molecule has 7 nitrogen and oxygen atoms in total. The van der Waals surface area contributed by atoms with Crippen LogP contribution >= 0.6 is 0 Å². The third-order valence-corrected chi connectivity index (χ3v) is 4.64. The van der Waals surface area contributed by atoms with Crippen molar-refractivity contribution in [3.05, 3.63) is 0 Å². The van der Waals surface area contributed by atoms with Gasteiger partial charge in [0, 0.05) is 19.1 Å². The Bertz CT molecular complexity index is 409. The van der Waals surface area contributed by atoms with Gasteiger partial charge in [-0.25, -0.2) is 8.42 Å². The molecule has 1 heterocycles. The number of carbonyl (C=O) groups excluding carboxylic acids is 1. The van der Waals surface area contributed by atoms with Crippen molar-refractivity contribution in [3.63, 3.8) is 0 Å². The van der Waals surface area contributed by atoms with Gasteiger partial charge in [0.1, 0.15) is 0 Å². The van der Waals surface area contributed by atoms with E-state index in [9.17, 15) is 18.3 Å². The maximum absolute atomic E-state index is 12.2. The molecule has 0 radical (unpaired) electrons. The highest BCUT2D eigenvalue weighted by Gasteiger charge is 2.39. The zero-order valence-electron chi connectivity index (χ0n) is 11.6. The summed E-state index contributed by atoms with van der Waals surface area (Å²) in [5, 5.41) is 9.64. The summed E-state index contributed by atoms with van der Waals surface area (Å²) in [7, 11) is -0.0687. The highest BCUT2D eigenvalue weighted by molar-refractivity contribution is 7.89. The van der Waals surface area contributed by atoms with Crippen LogP contribution in [0.1, 0.15) is 13.3 Å². The van der Waals surface area contributed by atoms with Crippen LogP contribution in [-0.2, 0) is 19.6 Å². The summed E-state index contributed by atoms with van der Waals surface area (Å²) in [6.45, 7) is 2.33. The maximum atomic E-state index is 12.2. The van der Waals surface area contributed by atoms with Crippen LogP contribution in [0, 0.1) is 0 Å². The number of hydrogen-bond acceptors (Lipinski definition) is 6. The Labute approximate surface area is 114 Å². The Balaban J connectivity index is 2.77. The minimum atomic E-state index is -3.74. The lowest BCUT2D eigenvalue weighted by molar-refractivity contribution is -0.140. The number of β-amino-alcohol motifs (C(OH)–C–C–N with tert-alkyl or cyclic N) is 1. The third-order valence-electron chi connectivity index (χ3n) is 2.88. The van der Waals surface area contributed by atoms with E-state index >= 15 is 0 Å². The van der Waals surface area contributed by atoms with E-state index in [0.29, 0.717) is 13.0 Å². The van der Waals surface area contributed by atoms with Crippen LogP contribution in [0.2, 0.25) is 0 Å². The lowest BCUT2D eigenvalue weighted by atomic mass is 10.2. The Morgan fingerprint density at radius 3 is 2.63 bits per heavy atom. The molecule has 19 heavy (non-hydrogen) atoms. The van der Waals surface area contributed by atoms with Gasteiger partial charge in [0.05, 0.1) is 12.7 Å². The fourth-order valence-electron chi connectivity index (χ4n) is 2.23. The second-order valence-electron chi connectivity index (χ2n) is 4.94. The van der Waals surface area contributed by atoms with Crippen molar-refractivity contribution in [3.8, 4) is 0 Å². The van der Waals surface area contributed by atoms with Crippen molar-refractivity contribution in [1.82, 2.24) is 9.21 Å². The van der Waals surface area contributed by atoms with Gasteiger partial charge in [0.15, 0.2) is 5.75 Å². The first-order valence-electron chi connectivity index (χ1n) is 6.24. The third kappa shape index (κ3) is 4.72. The van der Waals surface area contributed by atoms with Crippen LogP contribution in [0.15, 0.2) is 0 Å². The predicted octanol–water partition coefficient (Wildman–Crippen LogP) is -1.12. The van der Waals surface area contributed by atoms with Gasteiger partial charge < -0.3 is 14.7 Å². The lowest BCUT2D eigenvalue weighted by Gasteiger charge is -2.25. The molecule has 0 aromatic rings. The molecule has 8 heteroatoms. The molecule has 1 rings (SSSR count). The zero-order chi connectivity index (χ0) is 14.6. The molecule has 2 unspecified atom stereocenters. The van der Waals surface area contributed by atoms with E-state index in [-0.39, 0.29) is 19.2 Å². The monoisotopic (exact) mass is 294 g/mol. The molecule has 1 aliphatic heterocycles. The van der Waals surface area contributed by atoms with E-state index in [2.05, 4.69) is 4.74 Å². The van der Waals surface area contributed by atoms with Crippen LogP contribution < -0.4 is 0 Å². The molecule has 0 bridgehead atoms. The normalized spacial score (nSPS) is 24.9. The molecule has 1 fully saturated rings. The molecular formula is C11H22N2O5S. The largest absolute Gasteiger partial charge is 0.465 e. The van der Waals surface area contributed by atoms with E-state index < -0.39 is 27.8 Å². The molecule has 0 saturated carbocycles. The summed E-state index contributed by atoms with van der Waals surface area (Å²) < 4.78 is 30.2. The van der Waals surface area contributed by atoms with Gasteiger partial charge in [0.2, 0.25) is 10.0 Å². The van der Waals surface area contributed by atoms with E-state index in [0.717, 1.165) is 0 Å². The van der Waals surface area contributed by atoms with Crippen molar-refractivity contribution < 1.29 is 23.1 Å². The summed E-state index contributed by atoms with van der Waals surface area (Å²) in [4.78, 5) is 13.2. The van der Waals surface area contributed by atoms with Gasteiger partial charge >= 0.3 is 5.97 Å². The number of hydrogen-bond donors (Lipinski definition) is 1. The van der Waals surface area contributed by atoms with Crippen LogP contribution in [-0.4, -0.2) is 80.4 Å². The number of ether oxygens (including phenoxy) is 1. The molecule has 0 aliphatic carbocycles. The molecule has 1 N–H and O–H groups in total. The highest BCUT2D eigenvalue weighted by Crippen LogP contribution is 2.22. The first-order chi connectivity index (χ1) is 8.76. The Hall–Kier alpha value is -0.700. The molecule has 1 saturated heterocycles. The van der Waals surface area contributed by atoms with Crippen molar-refractivity contribution in [2.45, 2.75) is 25.5 Å². The number of carbonyl (C=O) groups is 1. The lowest BCUT2D eigenvalue weighted by Crippen LogP contribution is -2.43. The number of aliphatic hydroxyl groups excluding tert-OH is 1. The minimum absolute atomic E-state index is 0.0419. The second-order valence-corrected chi connectivity index (χ2v) is 6.86.